The maximum atomic E-state index is 6.22. The molecule has 0 aromatic carbocycles. The van der Waals surface area contributed by atoms with Gasteiger partial charge in [0.1, 0.15) is 0 Å². The van der Waals surface area contributed by atoms with E-state index in [-0.39, 0.29) is 0 Å². The molecule has 0 aliphatic carbocycles. The SMILES string of the molecule is N=C=CCN. The topological polar surface area (TPSA) is 49.9 Å². The summed E-state index contributed by atoms with van der Waals surface area (Å²) in [5.74, 6) is 2.02. The van der Waals surface area contributed by atoms with Gasteiger partial charge in [-0.05, 0) is 11.9 Å². The van der Waals surface area contributed by atoms with Crippen LogP contribution < -0.4 is 5.73 Å². The lowest BCUT2D eigenvalue weighted by atomic mass is 10.7. The number of nitrogens with one attached hydrogen (secondary N) is 1. The highest BCUT2D eigenvalue weighted by molar-refractivity contribution is 5.47. The van der Waals surface area contributed by atoms with Gasteiger partial charge in [0.05, 0.1) is 0 Å². The van der Waals surface area contributed by atoms with E-state index in [4.69, 9.17) is 11.1 Å². The van der Waals surface area contributed by atoms with E-state index in [9.17, 15) is 0 Å². The Bertz CT molecular complexity index is 51.9. The van der Waals surface area contributed by atoms with Crippen LogP contribution in [0.3, 0.4) is 0 Å². The molecule has 0 bridgehead atoms. The molecule has 0 amide bonds. The molecule has 0 rings (SSSR count). The van der Waals surface area contributed by atoms with E-state index < -0.39 is 0 Å². The van der Waals surface area contributed by atoms with Crippen molar-refractivity contribution >= 4 is 5.87 Å². The monoisotopic (exact) mass is 70.1 g/mol. The standard InChI is InChI=1S/C3H6N2/c4-2-1-3-5/h1,5H,2,4H2. The number of nitrogens with two attached hydrogens (primary N) is 1. The van der Waals surface area contributed by atoms with Crippen molar-refractivity contribution in [3.63, 3.8) is 0 Å². The van der Waals surface area contributed by atoms with Crippen molar-refractivity contribution in [1.29, 1.82) is 5.41 Å². The molecular formula is C3H6N2. The fraction of sp³-hybridized carbons (Fsp3) is 0.333. The van der Waals surface area contributed by atoms with Crippen molar-refractivity contribution in [2.45, 2.75) is 0 Å². The molecule has 0 radical (unpaired) electrons. The lowest BCUT2D eigenvalue weighted by molar-refractivity contribution is 1.27. The summed E-state index contributed by atoms with van der Waals surface area (Å²) < 4.78 is 0. The number of hydrogen-bond donors (Lipinski definition) is 2. The second kappa shape index (κ2) is 3.41. The Balaban J connectivity index is 2.93. The summed E-state index contributed by atoms with van der Waals surface area (Å²) >= 11 is 0. The van der Waals surface area contributed by atoms with Gasteiger partial charge in [-0.25, -0.2) is 0 Å². The van der Waals surface area contributed by atoms with Crippen LogP contribution in [0.25, 0.3) is 0 Å². The summed E-state index contributed by atoms with van der Waals surface area (Å²) in [5.41, 5.74) is 4.90. The summed E-state index contributed by atoms with van der Waals surface area (Å²) in [6.45, 7) is 0.420. The molecule has 0 saturated carbocycles. The summed E-state index contributed by atoms with van der Waals surface area (Å²) in [5, 5.41) is 6.22. The molecule has 2 nitrogen and oxygen atoms in total. The van der Waals surface area contributed by atoms with E-state index in [0.717, 1.165) is 0 Å². The lowest BCUT2D eigenvalue weighted by Crippen LogP contribution is -1.91. The van der Waals surface area contributed by atoms with E-state index in [1.807, 2.05) is 5.87 Å². The molecule has 0 spiro atoms. The van der Waals surface area contributed by atoms with Crippen LogP contribution in [0.15, 0.2) is 6.08 Å². The van der Waals surface area contributed by atoms with E-state index in [1.54, 1.807) is 0 Å². The number of rotatable bonds is 1. The Morgan fingerprint density at radius 3 is 2.60 bits per heavy atom. The Hall–Kier alpha value is -0.590. The molecule has 5 heavy (non-hydrogen) atoms. The fourth-order valence-electron chi connectivity index (χ4n) is 0.0589. The zero-order valence-electron chi connectivity index (χ0n) is 2.86. The first-order valence-electron chi connectivity index (χ1n) is 1.36. The molecule has 0 aliphatic heterocycles. The normalized spacial score (nSPS) is 5.80. The largest absolute Gasteiger partial charge is 0.326 e. The molecule has 3 N–H and O–H groups in total. The predicted octanol–water partition coefficient (Wildman–Crippen LogP) is -0.250. The van der Waals surface area contributed by atoms with Gasteiger partial charge in [-0.2, -0.15) is 0 Å². The molecule has 2 heteroatoms. The van der Waals surface area contributed by atoms with Crippen molar-refractivity contribution < 1.29 is 0 Å². The van der Waals surface area contributed by atoms with Gasteiger partial charge in [0, 0.05) is 6.54 Å². The fourth-order valence-corrected chi connectivity index (χ4v) is 0.0589. The van der Waals surface area contributed by atoms with Crippen LogP contribution in [0.4, 0.5) is 0 Å². The van der Waals surface area contributed by atoms with Crippen LogP contribution in [-0.2, 0) is 0 Å². The average Bonchev–Trinajstić information content (AvgIpc) is 1.41. The molecule has 0 heterocycles. The predicted molar refractivity (Wildman–Crippen MR) is 21.4 cm³/mol. The second-order valence-corrected chi connectivity index (χ2v) is 0.584. The highest BCUT2D eigenvalue weighted by Gasteiger charge is 1.49. The summed E-state index contributed by atoms with van der Waals surface area (Å²) in [6.07, 6.45) is 1.44. The minimum absolute atomic E-state index is 0.420. The van der Waals surface area contributed by atoms with Crippen LogP contribution in [0.1, 0.15) is 0 Å². The van der Waals surface area contributed by atoms with Crippen molar-refractivity contribution in [1.82, 2.24) is 0 Å². The van der Waals surface area contributed by atoms with E-state index in [2.05, 4.69) is 0 Å². The Morgan fingerprint density at radius 2 is 2.60 bits per heavy atom. The Kier molecular flexibility index (Phi) is 3.01. The highest BCUT2D eigenvalue weighted by atomic mass is 14.5. The number of hydrogen-bond acceptors (Lipinski definition) is 2. The van der Waals surface area contributed by atoms with Gasteiger partial charge in [-0.1, -0.05) is 0 Å². The molecule has 0 aromatic rings. The third kappa shape index (κ3) is 3.41. The molecule has 0 aliphatic rings. The minimum atomic E-state index is 0.420. The first-order chi connectivity index (χ1) is 2.41. The van der Waals surface area contributed by atoms with E-state index in [0.29, 0.717) is 6.54 Å². The molecule has 0 atom stereocenters. The van der Waals surface area contributed by atoms with Gasteiger partial charge in [0.25, 0.3) is 0 Å². The molecule has 0 fully saturated rings. The maximum absolute atomic E-state index is 6.22. The van der Waals surface area contributed by atoms with Crippen molar-refractivity contribution in [2.75, 3.05) is 6.54 Å². The van der Waals surface area contributed by atoms with Crippen LogP contribution in [-0.4, -0.2) is 12.4 Å². The quantitative estimate of drug-likeness (QED) is 0.411. The third-order valence-electron chi connectivity index (χ3n) is 0.220. The highest BCUT2D eigenvalue weighted by Crippen LogP contribution is 1.39. The summed E-state index contributed by atoms with van der Waals surface area (Å²) in [6, 6.07) is 0. The zero-order chi connectivity index (χ0) is 4.12. The van der Waals surface area contributed by atoms with Gasteiger partial charge < -0.3 is 5.73 Å². The van der Waals surface area contributed by atoms with Gasteiger partial charge in [-0.3, -0.25) is 5.41 Å². The van der Waals surface area contributed by atoms with Crippen molar-refractivity contribution in [3.05, 3.63) is 6.08 Å². The maximum Gasteiger partial charge on any atom is 0.0198 e. The molecule has 0 aromatic heterocycles. The Morgan fingerprint density at radius 1 is 2.00 bits per heavy atom. The Labute approximate surface area is 30.8 Å². The van der Waals surface area contributed by atoms with Crippen molar-refractivity contribution in [2.24, 2.45) is 5.73 Å². The van der Waals surface area contributed by atoms with Crippen LogP contribution in [0.2, 0.25) is 0 Å². The summed E-state index contributed by atoms with van der Waals surface area (Å²) in [4.78, 5) is 0. The lowest BCUT2D eigenvalue weighted by Gasteiger charge is -1.61. The average molecular weight is 70.1 g/mol. The van der Waals surface area contributed by atoms with Gasteiger partial charge in [0.2, 0.25) is 0 Å². The second-order valence-electron chi connectivity index (χ2n) is 0.584. The van der Waals surface area contributed by atoms with Crippen LogP contribution in [0.5, 0.6) is 0 Å². The minimum Gasteiger partial charge on any atom is -0.326 e. The van der Waals surface area contributed by atoms with E-state index in [1.165, 1.54) is 6.08 Å². The molecule has 0 saturated heterocycles. The molecular weight excluding hydrogens is 64.0 g/mol. The summed E-state index contributed by atoms with van der Waals surface area (Å²) in [7, 11) is 0. The smallest absolute Gasteiger partial charge is 0.0198 e. The first kappa shape index (κ1) is 4.41. The van der Waals surface area contributed by atoms with E-state index >= 15 is 0 Å². The zero-order valence-corrected chi connectivity index (χ0v) is 2.86. The first-order valence-corrected chi connectivity index (χ1v) is 1.36. The van der Waals surface area contributed by atoms with Gasteiger partial charge in [0.15, 0.2) is 0 Å². The van der Waals surface area contributed by atoms with Gasteiger partial charge in [-0.15, -0.1) is 0 Å². The van der Waals surface area contributed by atoms with Crippen molar-refractivity contribution in [3.8, 4) is 0 Å². The molecule has 0 unspecified atom stereocenters. The van der Waals surface area contributed by atoms with Crippen LogP contribution in [0, 0.1) is 5.41 Å². The molecule has 28 valence electrons. The third-order valence-corrected chi connectivity index (χ3v) is 0.220. The van der Waals surface area contributed by atoms with Gasteiger partial charge >= 0.3 is 0 Å². The van der Waals surface area contributed by atoms with Crippen LogP contribution >= 0.6 is 0 Å².